The molecular weight excluding hydrogens is 192 g/mol. The van der Waals surface area contributed by atoms with Crippen LogP contribution in [0, 0.1) is 0 Å². The van der Waals surface area contributed by atoms with Crippen LogP contribution in [0.4, 0.5) is 5.69 Å². The summed E-state index contributed by atoms with van der Waals surface area (Å²) in [5.41, 5.74) is 3.37. The molecule has 4 heteroatoms. The average Bonchev–Trinajstić information content (AvgIpc) is 2.63. The first-order valence-corrected chi connectivity index (χ1v) is 5.08. The van der Waals surface area contributed by atoms with E-state index >= 15 is 0 Å². The van der Waals surface area contributed by atoms with E-state index in [9.17, 15) is 4.79 Å². The molecule has 0 aromatic carbocycles. The molecule has 1 aliphatic rings. The van der Waals surface area contributed by atoms with Gasteiger partial charge in [-0.2, -0.15) is 0 Å². The molecule has 0 spiro atoms. The van der Waals surface area contributed by atoms with Gasteiger partial charge in [0.2, 0.25) is 0 Å². The highest BCUT2D eigenvalue weighted by Crippen LogP contribution is 2.28. The predicted molar refractivity (Wildman–Crippen MR) is 57.2 cm³/mol. The highest BCUT2D eigenvalue weighted by molar-refractivity contribution is 5.74. The lowest BCUT2D eigenvalue weighted by molar-refractivity contribution is -0.135. The molecule has 1 N–H and O–H groups in total. The predicted octanol–water partition coefficient (Wildman–Crippen LogP) is 1.09. The van der Waals surface area contributed by atoms with Crippen molar-refractivity contribution in [2.24, 2.45) is 0 Å². The smallest absolute Gasteiger partial charge is 0.323 e. The Labute approximate surface area is 88.6 Å². The van der Waals surface area contributed by atoms with E-state index in [0.717, 1.165) is 30.6 Å². The first-order chi connectivity index (χ1) is 7.18. The molecular formula is C11H14N2O2. The van der Waals surface area contributed by atoms with Gasteiger partial charge in [0.25, 0.3) is 0 Å². The summed E-state index contributed by atoms with van der Waals surface area (Å²) < 4.78 is 0. The minimum absolute atomic E-state index is 0.0381. The Morgan fingerprint density at radius 3 is 3.13 bits per heavy atom. The minimum Gasteiger partial charge on any atom is -0.480 e. The SMILES string of the molecule is CN(CC(=O)O)c1ccnc2c1CCC2. The van der Waals surface area contributed by atoms with Crippen LogP contribution in [0.3, 0.4) is 0 Å². The van der Waals surface area contributed by atoms with Crippen molar-refractivity contribution in [2.45, 2.75) is 19.3 Å². The van der Waals surface area contributed by atoms with Crippen LogP contribution in [0.15, 0.2) is 12.3 Å². The molecule has 0 saturated carbocycles. The Kier molecular flexibility index (Phi) is 2.58. The van der Waals surface area contributed by atoms with E-state index in [4.69, 9.17) is 5.11 Å². The summed E-state index contributed by atoms with van der Waals surface area (Å²) >= 11 is 0. The Bertz CT molecular complexity index is 390. The van der Waals surface area contributed by atoms with Gasteiger partial charge in [-0.25, -0.2) is 0 Å². The van der Waals surface area contributed by atoms with Gasteiger partial charge in [-0.1, -0.05) is 0 Å². The number of hydrogen-bond acceptors (Lipinski definition) is 3. The summed E-state index contributed by atoms with van der Waals surface area (Å²) in [6.45, 7) is 0.0381. The van der Waals surface area contributed by atoms with Gasteiger partial charge in [0.05, 0.1) is 0 Å². The maximum absolute atomic E-state index is 10.6. The molecule has 1 aromatic rings. The third kappa shape index (κ3) is 1.93. The molecule has 0 unspecified atom stereocenters. The molecule has 0 saturated heterocycles. The topological polar surface area (TPSA) is 53.4 Å². The van der Waals surface area contributed by atoms with Gasteiger partial charge >= 0.3 is 5.97 Å². The van der Waals surface area contributed by atoms with E-state index in [1.807, 2.05) is 13.1 Å². The Morgan fingerprint density at radius 1 is 1.60 bits per heavy atom. The number of aromatic nitrogens is 1. The van der Waals surface area contributed by atoms with E-state index in [1.165, 1.54) is 5.56 Å². The summed E-state index contributed by atoms with van der Waals surface area (Å²) in [6.07, 6.45) is 4.92. The van der Waals surface area contributed by atoms with Gasteiger partial charge < -0.3 is 10.0 Å². The van der Waals surface area contributed by atoms with E-state index in [-0.39, 0.29) is 6.54 Å². The molecule has 2 rings (SSSR count). The van der Waals surface area contributed by atoms with Crippen LogP contribution in [0.25, 0.3) is 0 Å². The largest absolute Gasteiger partial charge is 0.480 e. The lowest BCUT2D eigenvalue weighted by atomic mass is 10.1. The Balaban J connectivity index is 2.28. The first-order valence-electron chi connectivity index (χ1n) is 5.08. The van der Waals surface area contributed by atoms with E-state index in [1.54, 1.807) is 11.1 Å². The molecule has 0 atom stereocenters. The summed E-state index contributed by atoms with van der Waals surface area (Å²) in [4.78, 5) is 16.7. The van der Waals surface area contributed by atoms with Gasteiger partial charge in [-0.05, 0) is 30.9 Å². The zero-order chi connectivity index (χ0) is 10.8. The van der Waals surface area contributed by atoms with Crippen molar-refractivity contribution in [3.05, 3.63) is 23.5 Å². The fourth-order valence-corrected chi connectivity index (χ4v) is 2.09. The van der Waals surface area contributed by atoms with Gasteiger partial charge in [0, 0.05) is 24.6 Å². The second kappa shape index (κ2) is 3.88. The van der Waals surface area contributed by atoms with Crippen molar-refractivity contribution >= 4 is 11.7 Å². The quantitative estimate of drug-likeness (QED) is 0.804. The van der Waals surface area contributed by atoms with Crippen LogP contribution >= 0.6 is 0 Å². The maximum atomic E-state index is 10.6. The van der Waals surface area contributed by atoms with E-state index in [2.05, 4.69) is 4.98 Å². The second-order valence-corrected chi connectivity index (χ2v) is 3.86. The molecule has 0 bridgehead atoms. The van der Waals surface area contributed by atoms with Crippen molar-refractivity contribution in [3.63, 3.8) is 0 Å². The number of aliphatic carboxylic acids is 1. The Morgan fingerprint density at radius 2 is 2.40 bits per heavy atom. The van der Waals surface area contributed by atoms with Crippen LogP contribution < -0.4 is 4.90 Å². The highest BCUT2D eigenvalue weighted by Gasteiger charge is 2.18. The average molecular weight is 206 g/mol. The molecule has 0 radical (unpaired) electrons. The minimum atomic E-state index is -0.805. The van der Waals surface area contributed by atoms with Gasteiger partial charge in [0.15, 0.2) is 0 Å². The molecule has 4 nitrogen and oxygen atoms in total. The number of fused-ring (bicyclic) bond motifs is 1. The lowest BCUT2D eigenvalue weighted by Gasteiger charge is -2.19. The molecule has 15 heavy (non-hydrogen) atoms. The number of rotatable bonds is 3. The van der Waals surface area contributed by atoms with Crippen molar-refractivity contribution in [3.8, 4) is 0 Å². The van der Waals surface area contributed by atoms with E-state index in [0.29, 0.717) is 0 Å². The lowest BCUT2D eigenvalue weighted by Crippen LogP contribution is -2.26. The zero-order valence-corrected chi connectivity index (χ0v) is 8.73. The summed E-state index contributed by atoms with van der Waals surface area (Å²) in [5, 5.41) is 8.74. The number of pyridine rings is 1. The van der Waals surface area contributed by atoms with Gasteiger partial charge in [-0.15, -0.1) is 0 Å². The maximum Gasteiger partial charge on any atom is 0.323 e. The van der Waals surface area contributed by atoms with Crippen LogP contribution in [0.5, 0.6) is 0 Å². The number of carboxylic acid groups (broad SMARTS) is 1. The number of carboxylic acids is 1. The molecule has 1 heterocycles. The zero-order valence-electron chi connectivity index (χ0n) is 8.73. The number of aryl methyl sites for hydroxylation is 1. The van der Waals surface area contributed by atoms with Gasteiger partial charge in [0.1, 0.15) is 6.54 Å². The third-order valence-electron chi connectivity index (χ3n) is 2.74. The molecule has 0 aliphatic heterocycles. The van der Waals surface area contributed by atoms with Crippen molar-refractivity contribution in [1.29, 1.82) is 0 Å². The molecule has 0 amide bonds. The van der Waals surface area contributed by atoms with Crippen molar-refractivity contribution < 1.29 is 9.90 Å². The number of hydrogen-bond donors (Lipinski definition) is 1. The summed E-state index contributed by atoms with van der Waals surface area (Å²) in [7, 11) is 1.81. The van der Waals surface area contributed by atoms with Crippen molar-refractivity contribution in [2.75, 3.05) is 18.5 Å². The second-order valence-electron chi connectivity index (χ2n) is 3.86. The van der Waals surface area contributed by atoms with E-state index < -0.39 is 5.97 Å². The highest BCUT2D eigenvalue weighted by atomic mass is 16.4. The first kappa shape index (κ1) is 9.96. The van der Waals surface area contributed by atoms with Crippen LogP contribution in [0.1, 0.15) is 17.7 Å². The fourth-order valence-electron chi connectivity index (χ4n) is 2.09. The molecule has 80 valence electrons. The third-order valence-corrected chi connectivity index (χ3v) is 2.74. The monoisotopic (exact) mass is 206 g/mol. The molecule has 1 aliphatic carbocycles. The summed E-state index contributed by atoms with van der Waals surface area (Å²) in [6, 6.07) is 1.90. The fraction of sp³-hybridized carbons (Fsp3) is 0.455. The number of anilines is 1. The number of likely N-dealkylation sites (N-methyl/N-ethyl adjacent to an activating group) is 1. The molecule has 1 aromatic heterocycles. The Hall–Kier alpha value is -1.58. The molecule has 0 fully saturated rings. The van der Waals surface area contributed by atoms with Gasteiger partial charge in [-0.3, -0.25) is 9.78 Å². The van der Waals surface area contributed by atoms with Crippen LogP contribution in [0.2, 0.25) is 0 Å². The van der Waals surface area contributed by atoms with Crippen LogP contribution in [-0.2, 0) is 17.6 Å². The number of carbonyl (C=O) groups is 1. The normalized spacial score (nSPS) is 13.7. The van der Waals surface area contributed by atoms with Crippen LogP contribution in [-0.4, -0.2) is 29.7 Å². The van der Waals surface area contributed by atoms with Crippen molar-refractivity contribution in [1.82, 2.24) is 4.98 Å². The standard InChI is InChI=1S/C11H14N2O2/c1-13(7-11(14)15)10-5-6-12-9-4-2-3-8(9)10/h5-6H,2-4,7H2,1H3,(H,14,15). The number of nitrogens with zero attached hydrogens (tertiary/aromatic N) is 2. The summed E-state index contributed by atoms with van der Waals surface area (Å²) in [5.74, 6) is -0.805.